The largest absolute Gasteiger partial charge is 0.490 e. The first-order valence-corrected chi connectivity index (χ1v) is 12.5. The van der Waals surface area contributed by atoms with Crippen LogP contribution in [0.5, 0.6) is 11.5 Å². The number of amides is 2. The van der Waals surface area contributed by atoms with E-state index >= 15 is 0 Å². The number of hydrogen-bond acceptors (Lipinski definition) is 5. The minimum absolute atomic E-state index is 0.211. The van der Waals surface area contributed by atoms with E-state index in [0.717, 1.165) is 11.1 Å². The lowest BCUT2D eigenvalue weighted by Gasteiger charge is -2.15. The van der Waals surface area contributed by atoms with Crippen molar-refractivity contribution in [3.05, 3.63) is 85.8 Å². The number of nitrogens with one attached hydrogen (secondary N) is 2. The molecular weight excluding hydrogens is 569 g/mol. The Hall–Kier alpha value is -3.07. The van der Waals surface area contributed by atoms with Gasteiger partial charge >= 0.3 is 0 Å². The van der Waals surface area contributed by atoms with Crippen LogP contribution < -0.4 is 20.2 Å². The van der Waals surface area contributed by atoms with Crippen LogP contribution in [0.4, 0.5) is 5.69 Å². The van der Waals surface area contributed by atoms with Crippen molar-refractivity contribution in [3.8, 4) is 11.5 Å². The van der Waals surface area contributed by atoms with Crippen LogP contribution in [0, 0.1) is 6.92 Å². The average Bonchev–Trinajstić information content (AvgIpc) is 2.81. The Morgan fingerprint density at radius 2 is 1.78 bits per heavy atom. The molecule has 3 aromatic carbocycles. The zero-order chi connectivity index (χ0) is 26.1. The van der Waals surface area contributed by atoms with Crippen molar-refractivity contribution in [2.24, 2.45) is 5.10 Å². The predicted octanol–water partition coefficient (Wildman–Crippen LogP) is 6.52. The summed E-state index contributed by atoms with van der Waals surface area (Å²) in [6.07, 6.45) is 1.09. The molecule has 0 heterocycles. The first-order valence-electron chi connectivity index (χ1n) is 11.0. The molecule has 7 nitrogen and oxygen atoms in total. The molecule has 0 spiro atoms. The van der Waals surface area contributed by atoms with Crippen molar-refractivity contribution in [2.75, 3.05) is 11.9 Å². The quantitative estimate of drug-likeness (QED) is 0.159. The third-order valence-corrected chi connectivity index (χ3v) is 5.95. The molecule has 188 valence electrons. The zero-order valence-corrected chi connectivity index (χ0v) is 22.7. The maximum atomic E-state index is 12.1. The number of carbonyl (C=O) groups excluding carboxylic acids is 2. The van der Waals surface area contributed by atoms with Crippen LogP contribution in [0.1, 0.15) is 30.0 Å². The number of anilines is 1. The van der Waals surface area contributed by atoms with Gasteiger partial charge in [0, 0.05) is 21.3 Å². The van der Waals surface area contributed by atoms with E-state index in [9.17, 15) is 9.59 Å². The van der Waals surface area contributed by atoms with Gasteiger partial charge in [-0.3, -0.25) is 9.59 Å². The fourth-order valence-corrected chi connectivity index (χ4v) is 4.10. The van der Waals surface area contributed by atoms with Crippen molar-refractivity contribution in [3.63, 3.8) is 0 Å². The van der Waals surface area contributed by atoms with Crippen molar-refractivity contribution in [1.29, 1.82) is 0 Å². The highest BCUT2D eigenvalue weighted by molar-refractivity contribution is 9.10. The van der Waals surface area contributed by atoms with Gasteiger partial charge in [-0.05, 0) is 71.7 Å². The molecule has 0 aliphatic rings. The molecule has 0 aliphatic carbocycles. The minimum Gasteiger partial charge on any atom is -0.490 e. The van der Waals surface area contributed by atoms with Crippen molar-refractivity contribution < 1.29 is 19.1 Å². The van der Waals surface area contributed by atoms with E-state index in [-0.39, 0.29) is 13.0 Å². The van der Waals surface area contributed by atoms with E-state index in [1.807, 2.05) is 26.0 Å². The highest BCUT2D eigenvalue weighted by atomic mass is 79.9. The summed E-state index contributed by atoms with van der Waals surface area (Å²) < 4.78 is 12.3. The van der Waals surface area contributed by atoms with Gasteiger partial charge in [-0.15, -0.1) is 0 Å². The molecule has 0 unspecified atom stereocenters. The van der Waals surface area contributed by atoms with Gasteiger partial charge in [0.1, 0.15) is 13.0 Å². The Balaban J connectivity index is 1.60. The number of benzene rings is 3. The SMILES string of the molecule is CCOc1cc(C=NNC(=O)CC(=O)Nc2ccc(C)cc2)cc(Br)c1OCc1ccc(Cl)cc1Cl. The Kier molecular flexibility index (Phi) is 10.2. The number of rotatable bonds is 10. The smallest absolute Gasteiger partial charge is 0.249 e. The molecule has 0 saturated heterocycles. The van der Waals surface area contributed by atoms with Crippen LogP contribution in [0.25, 0.3) is 0 Å². The maximum Gasteiger partial charge on any atom is 0.249 e. The van der Waals surface area contributed by atoms with E-state index in [1.165, 1.54) is 6.21 Å². The van der Waals surface area contributed by atoms with E-state index in [1.54, 1.807) is 42.5 Å². The summed E-state index contributed by atoms with van der Waals surface area (Å²) in [6, 6.07) is 16.0. The maximum absolute atomic E-state index is 12.1. The highest BCUT2D eigenvalue weighted by Crippen LogP contribution is 2.37. The molecule has 0 saturated carbocycles. The van der Waals surface area contributed by atoms with Gasteiger partial charge in [0.05, 0.1) is 17.3 Å². The number of hydrogen-bond donors (Lipinski definition) is 2. The number of hydrazone groups is 1. The van der Waals surface area contributed by atoms with Crippen LogP contribution in [0.2, 0.25) is 10.0 Å². The van der Waals surface area contributed by atoms with Gasteiger partial charge in [-0.1, -0.05) is 47.0 Å². The van der Waals surface area contributed by atoms with Gasteiger partial charge in [-0.25, -0.2) is 5.43 Å². The van der Waals surface area contributed by atoms with Crippen LogP contribution in [0.15, 0.2) is 64.2 Å². The predicted molar refractivity (Wildman–Crippen MR) is 146 cm³/mol. The van der Waals surface area contributed by atoms with Crippen molar-refractivity contribution in [1.82, 2.24) is 5.43 Å². The first kappa shape index (κ1) is 27.5. The van der Waals surface area contributed by atoms with E-state index in [0.29, 0.717) is 43.9 Å². The fraction of sp³-hybridized carbons (Fsp3) is 0.192. The molecule has 2 N–H and O–H groups in total. The molecule has 10 heteroatoms. The van der Waals surface area contributed by atoms with Gasteiger partial charge in [0.15, 0.2) is 11.5 Å². The monoisotopic (exact) mass is 591 g/mol. The second-order valence-electron chi connectivity index (χ2n) is 7.67. The molecule has 3 aromatic rings. The standard InChI is InChI=1S/C26H24BrCl2N3O4/c1-3-35-23-11-17(10-21(27)26(23)36-15-18-6-7-19(28)12-22(18)29)14-30-32-25(34)13-24(33)31-20-8-4-16(2)5-9-20/h4-12,14H,3,13,15H2,1-2H3,(H,31,33)(H,32,34). The molecule has 0 atom stereocenters. The number of ether oxygens (including phenoxy) is 2. The average molecular weight is 593 g/mol. The number of aryl methyl sites for hydroxylation is 1. The molecule has 3 rings (SSSR count). The molecule has 0 radical (unpaired) electrons. The second-order valence-corrected chi connectivity index (χ2v) is 9.37. The van der Waals surface area contributed by atoms with Crippen LogP contribution >= 0.6 is 39.1 Å². The first-order chi connectivity index (χ1) is 17.2. The topological polar surface area (TPSA) is 89.0 Å². The van der Waals surface area contributed by atoms with Crippen LogP contribution in [-0.4, -0.2) is 24.6 Å². The number of halogens is 3. The zero-order valence-electron chi connectivity index (χ0n) is 19.6. The molecule has 36 heavy (non-hydrogen) atoms. The summed E-state index contributed by atoms with van der Waals surface area (Å²) in [4.78, 5) is 24.2. The third kappa shape index (κ3) is 8.26. The highest BCUT2D eigenvalue weighted by Gasteiger charge is 2.14. The lowest BCUT2D eigenvalue weighted by Crippen LogP contribution is -2.24. The summed E-state index contributed by atoms with van der Waals surface area (Å²) in [5.74, 6) is 0.00835. The fourth-order valence-electron chi connectivity index (χ4n) is 3.06. The second kappa shape index (κ2) is 13.3. The van der Waals surface area contributed by atoms with Gasteiger partial charge < -0.3 is 14.8 Å². The Morgan fingerprint density at radius 3 is 2.47 bits per heavy atom. The summed E-state index contributed by atoms with van der Waals surface area (Å²) >= 11 is 15.7. The van der Waals surface area contributed by atoms with Crippen molar-refractivity contribution >= 4 is 62.8 Å². The van der Waals surface area contributed by atoms with Gasteiger partial charge in [-0.2, -0.15) is 5.10 Å². The third-order valence-electron chi connectivity index (χ3n) is 4.78. The van der Waals surface area contributed by atoms with E-state index < -0.39 is 11.8 Å². The van der Waals surface area contributed by atoms with E-state index in [2.05, 4.69) is 31.8 Å². The number of carbonyl (C=O) groups is 2. The molecular formula is C26H24BrCl2N3O4. The molecule has 0 bridgehead atoms. The molecule has 0 fully saturated rings. The summed E-state index contributed by atoms with van der Waals surface area (Å²) in [5, 5.41) is 7.66. The van der Waals surface area contributed by atoms with Gasteiger partial charge in [0.25, 0.3) is 0 Å². The Morgan fingerprint density at radius 1 is 1.03 bits per heavy atom. The molecule has 0 aromatic heterocycles. The summed E-state index contributed by atoms with van der Waals surface area (Å²) in [5.41, 5.74) is 5.47. The van der Waals surface area contributed by atoms with E-state index in [4.69, 9.17) is 32.7 Å². The van der Waals surface area contributed by atoms with Gasteiger partial charge in [0.2, 0.25) is 11.8 Å². The lowest BCUT2D eigenvalue weighted by atomic mass is 10.2. The summed E-state index contributed by atoms with van der Waals surface area (Å²) in [6.45, 7) is 4.43. The van der Waals surface area contributed by atoms with Crippen LogP contribution in [-0.2, 0) is 16.2 Å². The molecule has 0 aliphatic heterocycles. The Labute approximate surface area is 227 Å². The number of nitrogens with zero attached hydrogens (tertiary/aromatic N) is 1. The minimum atomic E-state index is -0.542. The molecule has 2 amide bonds. The van der Waals surface area contributed by atoms with Crippen molar-refractivity contribution in [2.45, 2.75) is 26.9 Å². The Bertz CT molecular complexity index is 1270. The normalized spacial score (nSPS) is 10.8. The lowest BCUT2D eigenvalue weighted by molar-refractivity contribution is -0.126. The van der Waals surface area contributed by atoms with Crippen LogP contribution in [0.3, 0.4) is 0 Å². The summed E-state index contributed by atoms with van der Waals surface area (Å²) in [7, 11) is 0.